The summed E-state index contributed by atoms with van der Waals surface area (Å²) in [4.78, 5) is 0. The van der Waals surface area contributed by atoms with Crippen LogP contribution in [0.5, 0.6) is 0 Å². The molecule has 0 amide bonds. The Bertz CT molecular complexity index is 383. The van der Waals surface area contributed by atoms with Crippen LogP contribution in [-0.4, -0.2) is 12.1 Å². The molecule has 1 N–H and O–H groups in total. The van der Waals surface area contributed by atoms with Gasteiger partial charge in [-0.25, -0.2) is 8.78 Å². The predicted octanol–water partition coefficient (Wildman–Crippen LogP) is 3.92. The smallest absolute Gasteiger partial charge is 0.159 e. The van der Waals surface area contributed by atoms with Gasteiger partial charge in [-0.1, -0.05) is 13.0 Å². The lowest BCUT2D eigenvalue weighted by Gasteiger charge is -2.23. The molecule has 0 heterocycles. The van der Waals surface area contributed by atoms with Crippen LogP contribution >= 0.6 is 0 Å². The van der Waals surface area contributed by atoms with Crippen LogP contribution in [0.3, 0.4) is 0 Å². The topological polar surface area (TPSA) is 12.0 Å². The summed E-state index contributed by atoms with van der Waals surface area (Å²) in [5.74, 6) is -1.02. The van der Waals surface area contributed by atoms with E-state index in [1.54, 1.807) is 6.07 Å². The van der Waals surface area contributed by atoms with Crippen molar-refractivity contribution >= 4 is 0 Å². The predicted molar refractivity (Wildman–Crippen MR) is 71.6 cm³/mol. The van der Waals surface area contributed by atoms with Gasteiger partial charge in [0.05, 0.1) is 0 Å². The molecule has 0 aliphatic carbocycles. The molecule has 3 heteroatoms. The second kappa shape index (κ2) is 6.28. The summed E-state index contributed by atoms with van der Waals surface area (Å²) in [7, 11) is 0. The molecule has 0 spiro atoms. The number of hydrogen-bond donors (Lipinski definition) is 1. The number of rotatable bonds is 5. The molecule has 1 unspecified atom stereocenters. The van der Waals surface area contributed by atoms with E-state index in [4.69, 9.17) is 0 Å². The summed E-state index contributed by atoms with van der Waals surface area (Å²) in [5.41, 5.74) is 0.979. The minimum Gasteiger partial charge on any atom is -0.312 e. The van der Waals surface area contributed by atoms with Gasteiger partial charge in [0, 0.05) is 5.54 Å². The van der Waals surface area contributed by atoms with Gasteiger partial charge >= 0.3 is 0 Å². The van der Waals surface area contributed by atoms with Crippen molar-refractivity contribution in [3.63, 3.8) is 0 Å². The van der Waals surface area contributed by atoms with Crippen molar-refractivity contribution < 1.29 is 8.78 Å². The first kappa shape index (κ1) is 15.1. The van der Waals surface area contributed by atoms with E-state index in [0.29, 0.717) is 5.92 Å². The Hall–Kier alpha value is -0.960. The Morgan fingerprint density at radius 1 is 1.17 bits per heavy atom. The standard InChI is InChI=1S/C15H23F2N/c1-11(10-18-15(2,3)4)5-6-12-7-8-13(16)14(17)9-12/h7-9,11,18H,5-6,10H2,1-4H3. The van der Waals surface area contributed by atoms with Gasteiger partial charge in [-0.15, -0.1) is 0 Å². The SMILES string of the molecule is CC(CCc1ccc(F)c(F)c1)CNC(C)(C)C. The van der Waals surface area contributed by atoms with Crippen LogP contribution in [0, 0.1) is 17.6 Å². The highest BCUT2D eigenvalue weighted by atomic mass is 19.2. The molecule has 0 saturated carbocycles. The molecule has 1 rings (SSSR count). The summed E-state index contributed by atoms with van der Waals surface area (Å²) in [5, 5.41) is 3.44. The second-order valence-corrected chi connectivity index (χ2v) is 6.02. The number of halogens is 2. The van der Waals surface area contributed by atoms with E-state index < -0.39 is 11.6 Å². The number of hydrogen-bond acceptors (Lipinski definition) is 1. The molecule has 0 fully saturated rings. The summed E-state index contributed by atoms with van der Waals surface area (Å²) >= 11 is 0. The first-order valence-electron chi connectivity index (χ1n) is 6.47. The maximum absolute atomic E-state index is 13.0. The van der Waals surface area contributed by atoms with E-state index in [1.165, 1.54) is 12.1 Å². The first-order chi connectivity index (χ1) is 8.28. The molecule has 0 aliphatic rings. The maximum Gasteiger partial charge on any atom is 0.159 e. The summed E-state index contributed by atoms with van der Waals surface area (Å²) in [6, 6.07) is 4.14. The molecule has 1 aromatic carbocycles. The maximum atomic E-state index is 13.0. The van der Waals surface area contributed by atoms with Gasteiger partial charge in [0.15, 0.2) is 11.6 Å². The molecule has 0 radical (unpaired) electrons. The zero-order valence-corrected chi connectivity index (χ0v) is 11.7. The fourth-order valence-corrected chi connectivity index (χ4v) is 1.69. The van der Waals surface area contributed by atoms with E-state index in [1.807, 2.05) is 0 Å². The van der Waals surface area contributed by atoms with Crippen LogP contribution < -0.4 is 5.32 Å². The molecule has 0 saturated heterocycles. The quantitative estimate of drug-likeness (QED) is 0.841. The van der Waals surface area contributed by atoms with Crippen LogP contribution in [-0.2, 0) is 6.42 Å². The van der Waals surface area contributed by atoms with Crippen molar-refractivity contribution in [2.24, 2.45) is 5.92 Å². The fraction of sp³-hybridized carbons (Fsp3) is 0.600. The molecular weight excluding hydrogens is 232 g/mol. The van der Waals surface area contributed by atoms with Crippen LogP contribution in [0.2, 0.25) is 0 Å². The fourth-order valence-electron chi connectivity index (χ4n) is 1.69. The molecule has 102 valence electrons. The number of nitrogens with one attached hydrogen (secondary N) is 1. The monoisotopic (exact) mass is 255 g/mol. The Balaban J connectivity index is 2.38. The molecule has 18 heavy (non-hydrogen) atoms. The highest BCUT2D eigenvalue weighted by Gasteiger charge is 2.11. The van der Waals surface area contributed by atoms with Gasteiger partial charge in [0.2, 0.25) is 0 Å². The van der Waals surface area contributed by atoms with Crippen molar-refractivity contribution in [3.8, 4) is 0 Å². The molecule has 0 aromatic heterocycles. The van der Waals surface area contributed by atoms with Crippen molar-refractivity contribution in [2.45, 2.75) is 46.1 Å². The lowest BCUT2D eigenvalue weighted by molar-refractivity contribution is 0.372. The zero-order valence-electron chi connectivity index (χ0n) is 11.7. The third-order valence-electron chi connectivity index (χ3n) is 2.89. The lowest BCUT2D eigenvalue weighted by Crippen LogP contribution is -2.38. The van der Waals surface area contributed by atoms with Gasteiger partial charge in [-0.3, -0.25) is 0 Å². The highest BCUT2D eigenvalue weighted by Crippen LogP contribution is 2.13. The molecule has 1 nitrogen and oxygen atoms in total. The van der Waals surface area contributed by atoms with Crippen molar-refractivity contribution in [3.05, 3.63) is 35.4 Å². The van der Waals surface area contributed by atoms with Gasteiger partial charge in [0.25, 0.3) is 0 Å². The average Bonchev–Trinajstić information content (AvgIpc) is 2.27. The second-order valence-electron chi connectivity index (χ2n) is 6.02. The van der Waals surface area contributed by atoms with E-state index in [2.05, 4.69) is 33.0 Å². The molecule has 0 aliphatic heterocycles. The van der Waals surface area contributed by atoms with Gasteiger partial charge in [-0.2, -0.15) is 0 Å². The average molecular weight is 255 g/mol. The van der Waals surface area contributed by atoms with Crippen LogP contribution in [0.1, 0.15) is 39.7 Å². The Morgan fingerprint density at radius 3 is 2.39 bits per heavy atom. The third-order valence-corrected chi connectivity index (χ3v) is 2.89. The Kier molecular flexibility index (Phi) is 5.27. The first-order valence-corrected chi connectivity index (χ1v) is 6.47. The number of benzene rings is 1. The zero-order chi connectivity index (χ0) is 13.8. The molecule has 1 aromatic rings. The summed E-state index contributed by atoms with van der Waals surface area (Å²) in [6.45, 7) is 9.50. The van der Waals surface area contributed by atoms with Gasteiger partial charge < -0.3 is 5.32 Å². The van der Waals surface area contributed by atoms with E-state index in [-0.39, 0.29) is 5.54 Å². The van der Waals surface area contributed by atoms with Gasteiger partial charge in [0.1, 0.15) is 0 Å². The number of aryl methyl sites for hydroxylation is 1. The van der Waals surface area contributed by atoms with Crippen LogP contribution in [0.15, 0.2) is 18.2 Å². The van der Waals surface area contributed by atoms with Crippen LogP contribution in [0.25, 0.3) is 0 Å². The van der Waals surface area contributed by atoms with E-state index in [9.17, 15) is 8.78 Å². The van der Waals surface area contributed by atoms with Crippen LogP contribution in [0.4, 0.5) is 8.78 Å². The largest absolute Gasteiger partial charge is 0.312 e. The van der Waals surface area contributed by atoms with Crippen molar-refractivity contribution in [1.29, 1.82) is 0 Å². The Labute approximate surface area is 109 Å². The van der Waals surface area contributed by atoms with Crippen molar-refractivity contribution in [2.75, 3.05) is 6.54 Å². The summed E-state index contributed by atoms with van der Waals surface area (Å²) in [6.07, 6.45) is 1.75. The molecule has 0 bridgehead atoms. The van der Waals surface area contributed by atoms with Gasteiger partial charge in [-0.05, 0) is 63.8 Å². The van der Waals surface area contributed by atoms with E-state index in [0.717, 1.165) is 24.9 Å². The minimum atomic E-state index is -0.777. The molecule has 1 atom stereocenters. The normalized spacial score (nSPS) is 13.7. The summed E-state index contributed by atoms with van der Waals surface area (Å²) < 4.78 is 25.8. The third kappa shape index (κ3) is 5.58. The van der Waals surface area contributed by atoms with Crippen molar-refractivity contribution in [1.82, 2.24) is 5.32 Å². The Morgan fingerprint density at radius 2 is 1.83 bits per heavy atom. The van der Waals surface area contributed by atoms with E-state index >= 15 is 0 Å². The highest BCUT2D eigenvalue weighted by molar-refractivity contribution is 5.17. The molecular formula is C15H23F2N. The lowest BCUT2D eigenvalue weighted by atomic mass is 9.99. The minimum absolute atomic E-state index is 0.121.